The summed E-state index contributed by atoms with van der Waals surface area (Å²) in [6.07, 6.45) is 2.73. The molecule has 30 heavy (non-hydrogen) atoms. The van der Waals surface area contributed by atoms with Crippen molar-refractivity contribution in [1.82, 2.24) is 19.0 Å². The minimum Gasteiger partial charge on any atom is -0.340 e. The van der Waals surface area contributed by atoms with Crippen molar-refractivity contribution in [2.24, 2.45) is 0 Å². The Balaban J connectivity index is 1.77. The third kappa shape index (κ3) is 4.59. The van der Waals surface area contributed by atoms with Gasteiger partial charge in [0.25, 0.3) is 0 Å². The zero-order valence-corrected chi connectivity index (χ0v) is 19.2. The SMILES string of the molecule is CCCCS(=O)(=O)N1CCCC1C(=O)N(C)Cc1c(C)nn(-c2ccccc2)c1C. The first kappa shape index (κ1) is 22.5. The van der Waals surface area contributed by atoms with Crippen molar-refractivity contribution >= 4 is 15.9 Å². The highest BCUT2D eigenvalue weighted by Crippen LogP contribution is 2.25. The maximum atomic E-state index is 13.2. The highest BCUT2D eigenvalue weighted by molar-refractivity contribution is 7.89. The Kier molecular flexibility index (Phi) is 6.98. The van der Waals surface area contributed by atoms with Gasteiger partial charge in [0, 0.05) is 31.4 Å². The molecule has 1 atom stereocenters. The number of unbranched alkanes of at least 4 members (excludes halogenated alkanes) is 1. The van der Waals surface area contributed by atoms with Crippen LogP contribution in [0.15, 0.2) is 30.3 Å². The second kappa shape index (κ2) is 9.31. The van der Waals surface area contributed by atoms with E-state index in [0.29, 0.717) is 25.9 Å². The quantitative estimate of drug-likeness (QED) is 0.643. The number of aryl methyl sites for hydroxylation is 1. The first-order chi connectivity index (χ1) is 14.3. The molecule has 1 saturated heterocycles. The van der Waals surface area contributed by atoms with Gasteiger partial charge in [0.2, 0.25) is 15.9 Å². The van der Waals surface area contributed by atoms with Crippen molar-refractivity contribution in [3.63, 3.8) is 0 Å². The second-order valence-corrected chi connectivity index (χ2v) is 10.1. The first-order valence-electron chi connectivity index (χ1n) is 10.6. The largest absolute Gasteiger partial charge is 0.340 e. The molecule has 0 saturated carbocycles. The van der Waals surface area contributed by atoms with E-state index in [2.05, 4.69) is 5.10 Å². The van der Waals surface area contributed by atoms with Gasteiger partial charge in [-0.25, -0.2) is 13.1 Å². The van der Waals surface area contributed by atoms with E-state index in [9.17, 15) is 13.2 Å². The van der Waals surface area contributed by atoms with Gasteiger partial charge in [-0.05, 0) is 45.2 Å². The molecule has 0 bridgehead atoms. The third-order valence-electron chi connectivity index (χ3n) is 5.82. The van der Waals surface area contributed by atoms with Gasteiger partial charge in [-0.3, -0.25) is 4.79 Å². The summed E-state index contributed by atoms with van der Waals surface area (Å²) in [7, 11) is -1.66. The monoisotopic (exact) mass is 432 g/mol. The summed E-state index contributed by atoms with van der Waals surface area (Å²) in [5, 5.41) is 4.65. The van der Waals surface area contributed by atoms with Crippen molar-refractivity contribution in [3.05, 3.63) is 47.3 Å². The van der Waals surface area contributed by atoms with Crippen LogP contribution in [0.4, 0.5) is 0 Å². The summed E-state index contributed by atoms with van der Waals surface area (Å²) in [6, 6.07) is 9.29. The Labute approximate surface area is 179 Å². The molecule has 2 heterocycles. The van der Waals surface area contributed by atoms with Crippen molar-refractivity contribution in [2.45, 2.75) is 59.0 Å². The molecule has 1 aromatic heterocycles. The van der Waals surface area contributed by atoms with Gasteiger partial charge in [0.05, 0.1) is 17.1 Å². The van der Waals surface area contributed by atoms with E-state index in [1.54, 1.807) is 11.9 Å². The first-order valence-corrected chi connectivity index (χ1v) is 12.2. The average molecular weight is 433 g/mol. The number of benzene rings is 1. The summed E-state index contributed by atoms with van der Waals surface area (Å²) in [5.41, 5.74) is 3.82. The van der Waals surface area contributed by atoms with Crippen LogP contribution in [0, 0.1) is 13.8 Å². The number of para-hydroxylation sites is 1. The lowest BCUT2D eigenvalue weighted by molar-refractivity contribution is -0.133. The van der Waals surface area contributed by atoms with E-state index >= 15 is 0 Å². The number of nitrogens with zero attached hydrogens (tertiary/aromatic N) is 4. The second-order valence-electron chi connectivity index (χ2n) is 8.03. The number of hydrogen-bond donors (Lipinski definition) is 0. The number of hydrogen-bond acceptors (Lipinski definition) is 4. The Bertz CT molecular complexity index is 985. The number of amides is 1. The molecule has 0 N–H and O–H groups in total. The van der Waals surface area contributed by atoms with Crippen molar-refractivity contribution < 1.29 is 13.2 Å². The van der Waals surface area contributed by atoms with Crippen LogP contribution in [-0.4, -0.2) is 58.7 Å². The molecule has 3 rings (SSSR count). The van der Waals surface area contributed by atoms with E-state index in [1.165, 1.54) is 4.31 Å². The fourth-order valence-corrected chi connectivity index (χ4v) is 5.94. The number of rotatable bonds is 8. The molecular formula is C22H32N4O3S. The molecular weight excluding hydrogens is 400 g/mol. The lowest BCUT2D eigenvalue weighted by atomic mass is 10.1. The predicted molar refractivity (Wildman–Crippen MR) is 118 cm³/mol. The standard InChI is InChI=1S/C22H32N4O3S/c1-5-6-15-30(28,29)25-14-10-13-21(25)22(27)24(4)16-20-17(2)23-26(18(20)3)19-11-8-7-9-12-19/h7-9,11-12,21H,5-6,10,13-16H2,1-4H3. The maximum Gasteiger partial charge on any atom is 0.241 e. The minimum absolute atomic E-state index is 0.110. The molecule has 1 amide bonds. The van der Waals surface area contributed by atoms with E-state index in [-0.39, 0.29) is 11.7 Å². The molecule has 7 nitrogen and oxygen atoms in total. The van der Waals surface area contributed by atoms with Crippen LogP contribution in [0.3, 0.4) is 0 Å². The Morgan fingerprint density at radius 2 is 1.93 bits per heavy atom. The summed E-state index contributed by atoms with van der Waals surface area (Å²) in [6.45, 7) is 6.74. The molecule has 0 spiro atoms. The van der Waals surface area contributed by atoms with Gasteiger partial charge in [0.15, 0.2) is 0 Å². The van der Waals surface area contributed by atoms with Crippen LogP contribution in [-0.2, 0) is 21.4 Å². The van der Waals surface area contributed by atoms with Crippen LogP contribution in [0.2, 0.25) is 0 Å². The molecule has 1 fully saturated rings. The van der Waals surface area contributed by atoms with Crippen molar-refractivity contribution in [1.29, 1.82) is 0 Å². The number of aromatic nitrogens is 2. The van der Waals surface area contributed by atoms with Crippen LogP contribution in [0.1, 0.15) is 49.6 Å². The maximum absolute atomic E-state index is 13.2. The molecule has 8 heteroatoms. The predicted octanol–water partition coefficient (Wildman–Crippen LogP) is 3.04. The molecule has 1 aromatic carbocycles. The van der Waals surface area contributed by atoms with Gasteiger partial charge in [-0.2, -0.15) is 9.40 Å². The lowest BCUT2D eigenvalue weighted by Gasteiger charge is -2.27. The van der Waals surface area contributed by atoms with Crippen molar-refractivity contribution in [3.8, 4) is 5.69 Å². The number of sulfonamides is 1. The summed E-state index contributed by atoms with van der Waals surface area (Å²) in [5.74, 6) is -0.0298. The smallest absolute Gasteiger partial charge is 0.241 e. The summed E-state index contributed by atoms with van der Waals surface area (Å²) < 4.78 is 28.7. The Hall–Kier alpha value is -2.19. The molecule has 1 aliphatic rings. The molecule has 1 unspecified atom stereocenters. The Morgan fingerprint density at radius 3 is 2.60 bits per heavy atom. The zero-order valence-electron chi connectivity index (χ0n) is 18.3. The van der Waals surface area contributed by atoms with E-state index in [0.717, 1.165) is 35.5 Å². The topological polar surface area (TPSA) is 75.5 Å². The van der Waals surface area contributed by atoms with Crippen LogP contribution >= 0.6 is 0 Å². The Morgan fingerprint density at radius 1 is 1.23 bits per heavy atom. The molecule has 1 aliphatic heterocycles. The van der Waals surface area contributed by atoms with Crippen LogP contribution < -0.4 is 0 Å². The normalized spacial score (nSPS) is 17.4. The zero-order chi connectivity index (χ0) is 21.9. The number of carbonyl (C=O) groups excluding carboxylic acids is 1. The third-order valence-corrected chi connectivity index (χ3v) is 7.77. The number of likely N-dealkylation sites (N-methyl/N-ethyl adjacent to an activating group) is 1. The highest BCUT2D eigenvalue weighted by Gasteiger charge is 2.39. The molecule has 164 valence electrons. The average Bonchev–Trinajstić information content (AvgIpc) is 3.33. The highest BCUT2D eigenvalue weighted by atomic mass is 32.2. The fourth-order valence-electron chi connectivity index (χ4n) is 4.06. The fraction of sp³-hybridized carbons (Fsp3) is 0.545. The van der Waals surface area contributed by atoms with Gasteiger partial charge in [0.1, 0.15) is 6.04 Å². The molecule has 0 aliphatic carbocycles. The van der Waals surface area contributed by atoms with Gasteiger partial charge in [-0.1, -0.05) is 31.5 Å². The van der Waals surface area contributed by atoms with Crippen LogP contribution in [0.5, 0.6) is 0 Å². The molecule has 2 aromatic rings. The van der Waals surface area contributed by atoms with Gasteiger partial charge >= 0.3 is 0 Å². The van der Waals surface area contributed by atoms with Gasteiger partial charge < -0.3 is 4.90 Å². The summed E-state index contributed by atoms with van der Waals surface area (Å²) in [4.78, 5) is 14.8. The van der Waals surface area contributed by atoms with Gasteiger partial charge in [-0.15, -0.1) is 0 Å². The van der Waals surface area contributed by atoms with Crippen molar-refractivity contribution in [2.75, 3.05) is 19.3 Å². The number of carbonyl (C=O) groups is 1. The lowest BCUT2D eigenvalue weighted by Crippen LogP contribution is -2.47. The van der Waals surface area contributed by atoms with Crippen LogP contribution in [0.25, 0.3) is 5.69 Å². The van der Waals surface area contributed by atoms with E-state index < -0.39 is 16.1 Å². The van der Waals surface area contributed by atoms with E-state index in [1.807, 2.05) is 55.8 Å². The molecule has 0 radical (unpaired) electrons. The minimum atomic E-state index is -3.40. The van der Waals surface area contributed by atoms with E-state index in [4.69, 9.17) is 0 Å². The summed E-state index contributed by atoms with van der Waals surface area (Å²) >= 11 is 0.